The van der Waals surface area contributed by atoms with Gasteiger partial charge in [0.05, 0.1) is 6.04 Å². The van der Waals surface area contributed by atoms with Crippen molar-refractivity contribution in [1.82, 2.24) is 4.98 Å². The monoisotopic (exact) mass is 335 g/mol. The van der Waals surface area contributed by atoms with E-state index in [4.69, 9.17) is 5.73 Å². The van der Waals surface area contributed by atoms with Crippen LogP contribution in [0, 0.1) is 12.8 Å². The van der Waals surface area contributed by atoms with Crippen molar-refractivity contribution in [2.75, 3.05) is 5.32 Å². The smallest absolute Gasteiger partial charge is 0.241 e. The molecule has 0 aliphatic heterocycles. The molecule has 0 spiro atoms. The predicted molar refractivity (Wildman–Crippen MR) is 93.5 cm³/mol. The lowest BCUT2D eigenvalue weighted by Gasteiger charge is -2.14. The Bertz CT molecular complexity index is 623. The fourth-order valence-corrected chi connectivity index (χ4v) is 3.75. The maximum Gasteiger partial charge on any atom is 0.241 e. The topological polar surface area (TPSA) is 68.0 Å². The van der Waals surface area contributed by atoms with Crippen LogP contribution in [0.5, 0.6) is 0 Å². The number of benzene rings is 1. The van der Waals surface area contributed by atoms with Crippen LogP contribution in [0.1, 0.15) is 26.0 Å². The highest BCUT2D eigenvalue weighted by Crippen LogP contribution is 2.30. The first-order valence-corrected chi connectivity index (χ1v) is 8.90. The molecule has 1 aromatic heterocycles. The molecule has 0 fully saturated rings. The quantitative estimate of drug-likeness (QED) is 0.840. The van der Waals surface area contributed by atoms with E-state index in [-0.39, 0.29) is 5.91 Å². The molecule has 118 valence electrons. The number of hydrogen-bond donors (Lipinski definition) is 2. The third-order valence-electron chi connectivity index (χ3n) is 2.99. The summed E-state index contributed by atoms with van der Waals surface area (Å²) < 4.78 is 1.02. The van der Waals surface area contributed by atoms with Crippen LogP contribution < -0.4 is 11.1 Å². The van der Waals surface area contributed by atoms with Crippen molar-refractivity contribution < 1.29 is 4.79 Å². The number of carbonyl (C=O) groups is 1. The zero-order chi connectivity index (χ0) is 16.1. The summed E-state index contributed by atoms with van der Waals surface area (Å²) in [5.74, 6) is 0.269. The Morgan fingerprint density at radius 3 is 2.59 bits per heavy atom. The second-order valence-electron chi connectivity index (χ2n) is 5.61. The molecule has 1 amide bonds. The van der Waals surface area contributed by atoms with E-state index in [1.54, 1.807) is 23.1 Å². The molecule has 0 aliphatic rings. The third-order valence-corrected chi connectivity index (χ3v) is 5.05. The lowest BCUT2D eigenvalue weighted by atomic mass is 10.0. The number of nitrogens with zero attached hydrogens (tertiary/aromatic N) is 1. The van der Waals surface area contributed by atoms with Crippen LogP contribution in [0.15, 0.2) is 38.9 Å². The first-order valence-electron chi connectivity index (χ1n) is 7.20. The fraction of sp³-hybridized carbons (Fsp3) is 0.375. The van der Waals surface area contributed by atoms with Crippen LogP contribution in [0.25, 0.3) is 0 Å². The van der Waals surface area contributed by atoms with Gasteiger partial charge in [0.1, 0.15) is 0 Å². The van der Waals surface area contributed by atoms with E-state index < -0.39 is 6.04 Å². The molecule has 1 atom stereocenters. The Labute approximate surface area is 139 Å². The normalized spacial score (nSPS) is 12.4. The SMILES string of the molecule is Cc1csc(Sc2ccc(NC(=O)[C@@H](N)CC(C)C)cc2)n1. The van der Waals surface area contributed by atoms with Crippen LogP contribution >= 0.6 is 23.1 Å². The van der Waals surface area contributed by atoms with Crippen molar-refractivity contribution >= 4 is 34.7 Å². The van der Waals surface area contributed by atoms with Gasteiger partial charge >= 0.3 is 0 Å². The number of hydrogen-bond acceptors (Lipinski definition) is 5. The Morgan fingerprint density at radius 1 is 1.36 bits per heavy atom. The van der Waals surface area contributed by atoms with Crippen molar-refractivity contribution in [3.63, 3.8) is 0 Å². The summed E-state index contributed by atoms with van der Waals surface area (Å²) in [7, 11) is 0. The Balaban J connectivity index is 1.92. The van der Waals surface area contributed by atoms with Gasteiger partial charge in [-0.25, -0.2) is 4.98 Å². The molecule has 1 aromatic carbocycles. The molecule has 0 aliphatic carbocycles. The van der Waals surface area contributed by atoms with Gasteiger partial charge in [0.2, 0.25) is 5.91 Å². The number of carbonyl (C=O) groups excluding carboxylic acids is 1. The molecule has 3 N–H and O–H groups in total. The molecular formula is C16H21N3OS2. The molecule has 4 nitrogen and oxygen atoms in total. The lowest BCUT2D eigenvalue weighted by molar-refractivity contribution is -0.117. The number of thiazole rings is 1. The van der Waals surface area contributed by atoms with Gasteiger partial charge in [-0.15, -0.1) is 11.3 Å². The van der Waals surface area contributed by atoms with Crippen LogP contribution in [-0.2, 0) is 4.79 Å². The number of aromatic nitrogens is 1. The fourth-order valence-electron chi connectivity index (χ4n) is 1.94. The van der Waals surface area contributed by atoms with Crippen LogP contribution in [0.4, 0.5) is 5.69 Å². The van der Waals surface area contributed by atoms with E-state index in [0.29, 0.717) is 12.3 Å². The second kappa shape index (κ2) is 7.76. The molecule has 0 saturated carbocycles. The zero-order valence-electron chi connectivity index (χ0n) is 13.0. The van der Waals surface area contributed by atoms with Crippen molar-refractivity contribution in [1.29, 1.82) is 0 Å². The van der Waals surface area contributed by atoms with Crippen molar-refractivity contribution in [2.24, 2.45) is 11.7 Å². The minimum atomic E-state index is -0.465. The summed E-state index contributed by atoms with van der Waals surface area (Å²) in [5.41, 5.74) is 7.68. The minimum Gasteiger partial charge on any atom is -0.325 e. The van der Waals surface area contributed by atoms with Gasteiger partial charge in [0, 0.05) is 21.7 Å². The summed E-state index contributed by atoms with van der Waals surface area (Å²) in [6, 6.07) is 7.27. The highest BCUT2D eigenvalue weighted by molar-refractivity contribution is 8.01. The summed E-state index contributed by atoms with van der Waals surface area (Å²) in [6.45, 7) is 6.10. The molecule has 2 aromatic rings. The summed E-state index contributed by atoms with van der Waals surface area (Å²) in [5, 5.41) is 4.89. The molecule has 0 unspecified atom stereocenters. The Morgan fingerprint density at radius 2 is 2.05 bits per heavy atom. The molecule has 6 heteroatoms. The number of aryl methyl sites for hydroxylation is 1. The summed E-state index contributed by atoms with van der Waals surface area (Å²) in [4.78, 5) is 17.5. The van der Waals surface area contributed by atoms with E-state index in [1.165, 1.54) is 0 Å². The molecule has 1 heterocycles. The number of nitrogens with one attached hydrogen (secondary N) is 1. The average Bonchev–Trinajstić information content (AvgIpc) is 2.85. The first kappa shape index (κ1) is 17.0. The maximum absolute atomic E-state index is 12.0. The first-order chi connectivity index (χ1) is 10.4. The maximum atomic E-state index is 12.0. The van der Waals surface area contributed by atoms with Gasteiger partial charge in [0.15, 0.2) is 4.34 Å². The van der Waals surface area contributed by atoms with Gasteiger partial charge in [-0.2, -0.15) is 0 Å². The second-order valence-corrected chi connectivity index (χ2v) is 7.79. The van der Waals surface area contributed by atoms with Crippen molar-refractivity contribution in [2.45, 2.75) is 42.5 Å². The van der Waals surface area contributed by atoms with Gasteiger partial charge in [-0.05, 0) is 43.5 Å². The lowest BCUT2D eigenvalue weighted by Crippen LogP contribution is -2.36. The van der Waals surface area contributed by atoms with Crippen molar-refractivity contribution in [3.05, 3.63) is 35.3 Å². The largest absolute Gasteiger partial charge is 0.325 e. The molecular weight excluding hydrogens is 314 g/mol. The van der Waals surface area contributed by atoms with Gasteiger partial charge < -0.3 is 11.1 Å². The van der Waals surface area contributed by atoms with Gasteiger partial charge in [-0.3, -0.25) is 4.79 Å². The standard InChI is InChI=1S/C16H21N3OS2/c1-10(2)8-14(17)15(20)19-12-4-6-13(7-5-12)22-16-18-11(3)9-21-16/h4-7,9-10,14H,8,17H2,1-3H3,(H,19,20)/t14-/m0/s1. The van der Waals surface area contributed by atoms with E-state index >= 15 is 0 Å². The molecule has 0 bridgehead atoms. The minimum absolute atomic E-state index is 0.135. The highest BCUT2D eigenvalue weighted by Gasteiger charge is 2.15. The van der Waals surface area contributed by atoms with Crippen LogP contribution in [-0.4, -0.2) is 16.9 Å². The van der Waals surface area contributed by atoms with E-state index in [0.717, 1.165) is 20.6 Å². The Hall–Kier alpha value is -1.37. The van der Waals surface area contributed by atoms with E-state index in [1.807, 2.05) is 36.6 Å². The molecule has 0 radical (unpaired) electrons. The Kier molecular flexibility index (Phi) is 5.99. The number of amides is 1. The van der Waals surface area contributed by atoms with E-state index in [9.17, 15) is 4.79 Å². The van der Waals surface area contributed by atoms with Crippen LogP contribution in [0.2, 0.25) is 0 Å². The molecule has 0 saturated heterocycles. The number of rotatable bonds is 6. The molecule has 22 heavy (non-hydrogen) atoms. The predicted octanol–water partition coefficient (Wildman–Crippen LogP) is 3.91. The average molecular weight is 335 g/mol. The zero-order valence-corrected chi connectivity index (χ0v) is 14.6. The highest BCUT2D eigenvalue weighted by atomic mass is 32.2. The number of nitrogens with two attached hydrogens (primary N) is 1. The van der Waals surface area contributed by atoms with Crippen LogP contribution in [0.3, 0.4) is 0 Å². The summed E-state index contributed by atoms with van der Waals surface area (Å²) in [6.07, 6.45) is 0.684. The van der Waals surface area contributed by atoms with Gasteiger partial charge in [0.25, 0.3) is 0 Å². The molecule has 2 rings (SSSR count). The van der Waals surface area contributed by atoms with E-state index in [2.05, 4.69) is 24.1 Å². The van der Waals surface area contributed by atoms with Gasteiger partial charge in [-0.1, -0.05) is 25.6 Å². The van der Waals surface area contributed by atoms with Crippen molar-refractivity contribution in [3.8, 4) is 0 Å². The number of anilines is 1. The summed E-state index contributed by atoms with van der Waals surface area (Å²) >= 11 is 3.26. The third kappa shape index (κ3) is 5.12.